The molecule has 0 aliphatic rings. The second-order valence-electron chi connectivity index (χ2n) is 5.14. The predicted octanol–water partition coefficient (Wildman–Crippen LogP) is 4.43. The lowest BCUT2D eigenvalue weighted by atomic mass is 10.2. The molecule has 0 aliphatic carbocycles. The summed E-state index contributed by atoms with van der Waals surface area (Å²) in [5.74, 6) is -0.301. The summed E-state index contributed by atoms with van der Waals surface area (Å²) in [5, 5.41) is 0.545. The van der Waals surface area contributed by atoms with Gasteiger partial charge in [0.15, 0.2) is 0 Å². The van der Waals surface area contributed by atoms with Crippen LogP contribution in [0.2, 0.25) is 0 Å². The number of alkyl halides is 3. The van der Waals surface area contributed by atoms with Gasteiger partial charge in [-0.15, -0.1) is 0 Å². The first-order valence-electron chi connectivity index (χ1n) is 7.12. The number of nitrogens with zero attached hydrogens (tertiary/aromatic N) is 3. The minimum Gasteiger partial charge on any atom is -0.497 e. The number of halogens is 3. The summed E-state index contributed by atoms with van der Waals surface area (Å²) >= 11 is 0. The van der Waals surface area contributed by atoms with Gasteiger partial charge >= 0.3 is 6.18 Å². The molecule has 124 valence electrons. The van der Waals surface area contributed by atoms with Gasteiger partial charge in [0, 0.05) is 18.1 Å². The topological polar surface area (TPSA) is 38.2 Å². The second kappa shape index (κ2) is 5.99. The van der Waals surface area contributed by atoms with Crippen LogP contribution in [-0.2, 0) is 6.18 Å². The van der Waals surface area contributed by atoms with Crippen molar-refractivity contribution in [2.75, 3.05) is 19.1 Å². The number of fused-ring (bicyclic) bond motifs is 1. The van der Waals surface area contributed by atoms with Crippen LogP contribution in [0.4, 0.5) is 24.7 Å². The highest BCUT2D eigenvalue weighted by molar-refractivity contribution is 5.91. The van der Waals surface area contributed by atoms with Crippen LogP contribution < -0.4 is 9.64 Å². The molecule has 0 bridgehead atoms. The third-order valence-electron chi connectivity index (χ3n) is 3.61. The molecule has 1 heterocycles. The smallest absolute Gasteiger partial charge is 0.451 e. The third-order valence-corrected chi connectivity index (χ3v) is 3.61. The fourth-order valence-electron chi connectivity index (χ4n) is 2.37. The maximum Gasteiger partial charge on any atom is 0.451 e. The number of hydrogen-bond donors (Lipinski definition) is 0. The number of ether oxygens (including phenoxy) is 1. The third kappa shape index (κ3) is 2.97. The van der Waals surface area contributed by atoms with Crippen molar-refractivity contribution in [3.63, 3.8) is 0 Å². The number of anilines is 2. The van der Waals surface area contributed by atoms with Gasteiger partial charge in [-0.25, -0.2) is 9.97 Å². The average molecular weight is 333 g/mol. The van der Waals surface area contributed by atoms with Crippen molar-refractivity contribution in [3.05, 3.63) is 54.4 Å². The van der Waals surface area contributed by atoms with Gasteiger partial charge < -0.3 is 9.64 Å². The van der Waals surface area contributed by atoms with Crippen LogP contribution in [0.25, 0.3) is 10.9 Å². The van der Waals surface area contributed by atoms with Crippen molar-refractivity contribution < 1.29 is 17.9 Å². The van der Waals surface area contributed by atoms with E-state index in [1.807, 2.05) is 0 Å². The largest absolute Gasteiger partial charge is 0.497 e. The van der Waals surface area contributed by atoms with Crippen molar-refractivity contribution >= 4 is 22.4 Å². The normalized spacial score (nSPS) is 11.5. The van der Waals surface area contributed by atoms with Gasteiger partial charge in [0.1, 0.15) is 11.6 Å². The van der Waals surface area contributed by atoms with E-state index in [9.17, 15) is 13.2 Å². The van der Waals surface area contributed by atoms with Crippen LogP contribution in [-0.4, -0.2) is 24.1 Å². The first kappa shape index (κ1) is 16.0. The first-order valence-corrected chi connectivity index (χ1v) is 7.12. The molecule has 7 heteroatoms. The lowest BCUT2D eigenvalue weighted by Gasteiger charge is -2.21. The fraction of sp³-hybridized carbons (Fsp3) is 0.176. The van der Waals surface area contributed by atoms with Gasteiger partial charge in [-0.05, 0) is 36.4 Å². The minimum absolute atomic E-state index is 0.193. The molecule has 3 rings (SSSR count). The molecule has 0 N–H and O–H groups in total. The fourth-order valence-corrected chi connectivity index (χ4v) is 2.37. The summed E-state index contributed by atoms with van der Waals surface area (Å²) < 4.78 is 44.4. The predicted molar refractivity (Wildman–Crippen MR) is 85.6 cm³/mol. The molecular formula is C17H14F3N3O. The van der Waals surface area contributed by atoms with E-state index in [0.29, 0.717) is 16.8 Å². The van der Waals surface area contributed by atoms with E-state index >= 15 is 0 Å². The molecule has 3 aromatic rings. The molecular weight excluding hydrogens is 319 g/mol. The van der Waals surface area contributed by atoms with Crippen molar-refractivity contribution in [2.45, 2.75) is 6.18 Å². The molecule has 0 fully saturated rings. The summed E-state index contributed by atoms with van der Waals surface area (Å²) in [6, 6.07) is 13.6. The number of benzene rings is 2. The van der Waals surface area contributed by atoms with Crippen molar-refractivity contribution in [2.24, 2.45) is 0 Å². The van der Waals surface area contributed by atoms with Crippen molar-refractivity contribution in [1.29, 1.82) is 0 Å². The van der Waals surface area contributed by atoms with Gasteiger partial charge in [-0.2, -0.15) is 13.2 Å². The number of hydrogen-bond acceptors (Lipinski definition) is 4. The molecule has 0 amide bonds. The quantitative estimate of drug-likeness (QED) is 0.711. The van der Waals surface area contributed by atoms with E-state index in [1.165, 1.54) is 6.07 Å². The summed E-state index contributed by atoms with van der Waals surface area (Å²) in [6.07, 6.45) is -4.61. The Morgan fingerprint density at radius 1 is 0.958 bits per heavy atom. The molecule has 0 spiro atoms. The summed E-state index contributed by atoms with van der Waals surface area (Å²) in [6.45, 7) is 0. The maximum absolute atomic E-state index is 13.1. The molecule has 4 nitrogen and oxygen atoms in total. The number of methoxy groups -OCH3 is 1. The molecule has 0 radical (unpaired) electrons. The summed E-state index contributed by atoms with van der Waals surface area (Å²) in [7, 11) is 3.21. The van der Waals surface area contributed by atoms with Gasteiger partial charge in [0.05, 0.1) is 12.6 Å². The zero-order valence-electron chi connectivity index (χ0n) is 13.0. The standard InChI is InChI=1S/C17H14F3N3O/c1-23(11-7-9-12(24-2)10-8-11)15-13-5-3-4-6-14(13)21-16(22-15)17(18,19)20/h3-10H,1-2H3. The Morgan fingerprint density at radius 3 is 2.25 bits per heavy atom. The van der Waals surface area contributed by atoms with E-state index in [2.05, 4.69) is 9.97 Å². The molecule has 0 atom stereocenters. The Balaban J connectivity index is 2.15. The summed E-state index contributed by atoms with van der Waals surface area (Å²) in [5.41, 5.74) is 0.933. The summed E-state index contributed by atoms with van der Waals surface area (Å²) in [4.78, 5) is 8.97. The van der Waals surface area contributed by atoms with Crippen LogP contribution in [0.5, 0.6) is 5.75 Å². The molecule has 2 aromatic carbocycles. The van der Waals surface area contributed by atoms with Gasteiger partial charge in [0.25, 0.3) is 0 Å². The van der Waals surface area contributed by atoms with E-state index in [-0.39, 0.29) is 11.3 Å². The van der Waals surface area contributed by atoms with E-state index in [4.69, 9.17) is 4.74 Å². The van der Waals surface area contributed by atoms with Crippen molar-refractivity contribution in [1.82, 2.24) is 9.97 Å². The Bertz CT molecular complexity index is 863. The Hall–Kier alpha value is -2.83. The molecule has 0 unspecified atom stereocenters. The Labute approximate surface area is 136 Å². The van der Waals surface area contributed by atoms with E-state index in [1.54, 1.807) is 61.5 Å². The Morgan fingerprint density at radius 2 is 1.62 bits per heavy atom. The van der Waals surface area contributed by atoms with Crippen LogP contribution in [0.3, 0.4) is 0 Å². The molecule has 0 saturated carbocycles. The van der Waals surface area contributed by atoms with Crippen LogP contribution in [0.1, 0.15) is 5.82 Å². The number of rotatable bonds is 3. The maximum atomic E-state index is 13.1. The number of para-hydroxylation sites is 1. The molecule has 1 aromatic heterocycles. The minimum atomic E-state index is -4.61. The van der Waals surface area contributed by atoms with Crippen LogP contribution >= 0.6 is 0 Å². The van der Waals surface area contributed by atoms with E-state index < -0.39 is 12.0 Å². The highest BCUT2D eigenvalue weighted by atomic mass is 19.4. The van der Waals surface area contributed by atoms with Crippen LogP contribution in [0.15, 0.2) is 48.5 Å². The molecule has 0 saturated heterocycles. The lowest BCUT2D eigenvalue weighted by Crippen LogP contribution is -2.17. The van der Waals surface area contributed by atoms with Gasteiger partial charge in [-0.1, -0.05) is 12.1 Å². The van der Waals surface area contributed by atoms with Crippen molar-refractivity contribution in [3.8, 4) is 5.75 Å². The first-order chi connectivity index (χ1) is 11.4. The highest BCUT2D eigenvalue weighted by Crippen LogP contribution is 2.34. The lowest BCUT2D eigenvalue weighted by molar-refractivity contribution is -0.144. The van der Waals surface area contributed by atoms with Crippen LogP contribution in [0, 0.1) is 0 Å². The average Bonchev–Trinajstić information content (AvgIpc) is 2.59. The SMILES string of the molecule is COc1ccc(N(C)c2nc(C(F)(F)F)nc3ccccc23)cc1. The Kier molecular flexibility index (Phi) is 4.01. The number of aromatic nitrogens is 2. The monoisotopic (exact) mass is 333 g/mol. The highest BCUT2D eigenvalue weighted by Gasteiger charge is 2.36. The zero-order valence-corrected chi connectivity index (χ0v) is 13.0. The molecule has 0 aliphatic heterocycles. The van der Waals surface area contributed by atoms with Gasteiger partial charge in [0.2, 0.25) is 5.82 Å². The van der Waals surface area contributed by atoms with Gasteiger partial charge in [-0.3, -0.25) is 0 Å². The second-order valence-corrected chi connectivity index (χ2v) is 5.14. The zero-order chi connectivity index (χ0) is 17.3. The van der Waals surface area contributed by atoms with E-state index in [0.717, 1.165) is 0 Å². The molecule has 24 heavy (non-hydrogen) atoms.